The topological polar surface area (TPSA) is 132 Å². The van der Waals surface area contributed by atoms with Gasteiger partial charge >= 0.3 is 17.9 Å². The van der Waals surface area contributed by atoms with Crippen LogP contribution in [0.2, 0.25) is 0 Å². The molecule has 0 spiro atoms. The van der Waals surface area contributed by atoms with Crippen LogP contribution in [0.1, 0.15) is 99.3 Å². The summed E-state index contributed by atoms with van der Waals surface area (Å²) >= 11 is 0. The van der Waals surface area contributed by atoms with Crippen LogP contribution in [0.25, 0.3) is 0 Å². The number of hydrogen-bond acceptors (Lipinski definition) is 4. The minimum absolute atomic E-state index is 0.0740. The maximum Gasteiger partial charge on any atom is 0.337 e. The van der Waals surface area contributed by atoms with Gasteiger partial charge in [0.05, 0.1) is 5.92 Å². The van der Waals surface area contributed by atoms with Crippen LogP contribution in [0.4, 0.5) is 0 Å². The van der Waals surface area contributed by atoms with Gasteiger partial charge in [-0.3, -0.25) is 9.59 Å². The fraction of sp³-hybridized carbons (Fsp3) is 0.875. The first kappa shape index (κ1) is 29.4. The molecule has 0 bridgehead atoms. The summed E-state index contributed by atoms with van der Waals surface area (Å²) in [6.45, 7) is 11.9. The van der Waals surface area contributed by atoms with Crippen molar-refractivity contribution in [3.63, 3.8) is 0 Å². The van der Waals surface area contributed by atoms with Crippen molar-refractivity contribution in [2.24, 2.45) is 29.1 Å². The van der Waals surface area contributed by atoms with Gasteiger partial charge in [-0.1, -0.05) is 80.1 Å². The second-order valence-electron chi connectivity index (χ2n) is 10.2. The van der Waals surface area contributed by atoms with Gasteiger partial charge in [0.2, 0.25) is 0 Å². The monoisotopic (exact) mass is 444 g/mol. The van der Waals surface area contributed by atoms with E-state index >= 15 is 0 Å². The van der Waals surface area contributed by atoms with Gasteiger partial charge < -0.3 is 20.4 Å². The molecule has 4 N–H and O–H groups in total. The average molecular weight is 445 g/mol. The zero-order chi connectivity index (χ0) is 24.4. The van der Waals surface area contributed by atoms with Crippen molar-refractivity contribution >= 4 is 17.9 Å². The van der Waals surface area contributed by atoms with Crippen molar-refractivity contribution in [2.45, 2.75) is 105 Å². The van der Waals surface area contributed by atoms with Gasteiger partial charge in [0, 0.05) is 0 Å². The first-order valence-corrected chi connectivity index (χ1v) is 11.6. The van der Waals surface area contributed by atoms with Crippen molar-refractivity contribution < 1.29 is 34.8 Å². The first-order valence-electron chi connectivity index (χ1n) is 11.6. The van der Waals surface area contributed by atoms with Crippen molar-refractivity contribution in [3.8, 4) is 0 Å². The molecule has 0 aliphatic carbocycles. The Balaban J connectivity index is 6.37. The van der Waals surface area contributed by atoms with E-state index in [2.05, 4.69) is 0 Å². The summed E-state index contributed by atoms with van der Waals surface area (Å²) in [5, 5.41) is 41.8. The maximum absolute atomic E-state index is 12.6. The zero-order valence-electron chi connectivity index (χ0n) is 20.2. The predicted octanol–water partition coefficient (Wildman–Crippen LogP) is 5.05. The summed E-state index contributed by atoms with van der Waals surface area (Å²) < 4.78 is 0. The van der Waals surface area contributed by atoms with Gasteiger partial charge in [-0.25, -0.2) is 4.79 Å². The molecule has 0 amide bonds. The van der Waals surface area contributed by atoms with E-state index in [-0.39, 0.29) is 37.0 Å². The van der Waals surface area contributed by atoms with Crippen LogP contribution in [-0.4, -0.2) is 43.9 Å². The molecule has 7 nitrogen and oxygen atoms in total. The predicted molar refractivity (Wildman–Crippen MR) is 120 cm³/mol. The summed E-state index contributed by atoms with van der Waals surface area (Å²) in [6.07, 6.45) is 2.97. The van der Waals surface area contributed by atoms with Crippen LogP contribution in [-0.2, 0) is 14.4 Å². The van der Waals surface area contributed by atoms with Gasteiger partial charge in [0.25, 0.3) is 0 Å². The third-order valence-electron chi connectivity index (χ3n) is 6.31. The molecule has 2 atom stereocenters. The van der Waals surface area contributed by atoms with Crippen molar-refractivity contribution in [3.05, 3.63) is 0 Å². The second kappa shape index (κ2) is 13.0. The minimum Gasteiger partial charge on any atom is -0.481 e. The molecular weight excluding hydrogens is 400 g/mol. The lowest BCUT2D eigenvalue weighted by molar-refractivity contribution is -0.208. The molecule has 0 radical (unpaired) electrons. The number of carboxylic acids is 3. The van der Waals surface area contributed by atoms with E-state index in [4.69, 9.17) is 0 Å². The Hall–Kier alpha value is -1.63. The number of rotatable bonds is 17. The number of aliphatic hydroxyl groups is 1. The van der Waals surface area contributed by atoms with Crippen molar-refractivity contribution in [2.75, 3.05) is 0 Å². The van der Waals surface area contributed by atoms with E-state index in [1.807, 2.05) is 41.5 Å². The molecule has 2 unspecified atom stereocenters. The standard InChI is InChI=1S/C24H44O7/c1-16(2)10-7-13-19(20(25)26)24(31,22(29)30)23(21(27)28,14-8-11-17(3)4)15-9-12-18(5)6/h16-19,31H,7-15H2,1-6H3,(H,25,26)(H,27,28)(H,29,30). The molecule has 0 rings (SSSR count). The Morgan fingerprint density at radius 3 is 1.32 bits per heavy atom. The SMILES string of the molecule is CC(C)CCCC(C(=O)O)C(O)(C(=O)O)C(CCCC(C)C)(CCCC(C)C)C(=O)O. The Bertz CT molecular complexity index is 568. The second-order valence-corrected chi connectivity index (χ2v) is 10.2. The van der Waals surface area contributed by atoms with Crippen LogP contribution >= 0.6 is 0 Å². The third kappa shape index (κ3) is 8.09. The quantitative estimate of drug-likeness (QED) is 0.247. The van der Waals surface area contributed by atoms with Crippen molar-refractivity contribution in [1.82, 2.24) is 0 Å². The number of aliphatic carboxylic acids is 3. The Morgan fingerprint density at radius 2 is 1.03 bits per heavy atom. The van der Waals surface area contributed by atoms with E-state index in [0.29, 0.717) is 38.5 Å². The minimum atomic E-state index is -2.89. The molecule has 182 valence electrons. The zero-order valence-corrected chi connectivity index (χ0v) is 20.2. The van der Waals surface area contributed by atoms with Crippen LogP contribution < -0.4 is 0 Å². The van der Waals surface area contributed by atoms with E-state index in [0.717, 1.165) is 0 Å². The molecule has 7 heteroatoms. The highest BCUT2D eigenvalue weighted by Gasteiger charge is 2.65. The van der Waals surface area contributed by atoms with Gasteiger partial charge in [0.15, 0.2) is 5.60 Å². The summed E-state index contributed by atoms with van der Waals surface area (Å²) in [5.41, 5.74) is -4.96. The van der Waals surface area contributed by atoms with Crippen LogP contribution in [0, 0.1) is 29.1 Å². The molecule has 0 aliphatic rings. The van der Waals surface area contributed by atoms with Gasteiger partial charge in [-0.15, -0.1) is 0 Å². The Morgan fingerprint density at radius 1 is 0.645 bits per heavy atom. The largest absolute Gasteiger partial charge is 0.481 e. The maximum atomic E-state index is 12.6. The molecule has 0 heterocycles. The fourth-order valence-electron chi connectivity index (χ4n) is 4.44. The summed E-state index contributed by atoms with van der Waals surface area (Å²) in [6, 6.07) is 0. The summed E-state index contributed by atoms with van der Waals surface area (Å²) in [7, 11) is 0. The Labute approximate surface area is 187 Å². The Kier molecular flexibility index (Phi) is 12.4. The fourth-order valence-corrected chi connectivity index (χ4v) is 4.44. The molecule has 0 aromatic carbocycles. The number of carbonyl (C=O) groups is 3. The van der Waals surface area contributed by atoms with Gasteiger partial charge in [-0.05, 0) is 37.0 Å². The molecule has 0 aliphatic heterocycles. The highest BCUT2D eigenvalue weighted by molar-refractivity contribution is 5.93. The molecule has 0 aromatic heterocycles. The van der Waals surface area contributed by atoms with Crippen molar-refractivity contribution in [1.29, 1.82) is 0 Å². The first-order chi connectivity index (χ1) is 14.2. The van der Waals surface area contributed by atoms with Crippen LogP contribution in [0.15, 0.2) is 0 Å². The molecular formula is C24H44O7. The van der Waals surface area contributed by atoms with E-state index in [1.165, 1.54) is 0 Å². The number of hydrogen-bond donors (Lipinski definition) is 4. The normalized spacial score (nSPS) is 15.3. The molecule has 0 fully saturated rings. The van der Waals surface area contributed by atoms with E-state index in [9.17, 15) is 34.8 Å². The lowest BCUT2D eigenvalue weighted by atomic mass is 9.59. The van der Waals surface area contributed by atoms with Crippen LogP contribution in [0.3, 0.4) is 0 Å². The molecule has 0 aromatic rings. The molecule has 0 saturated heterocycles. The molecule has 0 saturated carbocycles. The lowest BCUT2D eigenvalue weighted by Gasteiger charge is -2.45. The number of carboxylic acid groups (broad SMARTS) is 3. The van der Waals surface area contributed by atoms with E-state index in [1.54, 1.807) is 0 Å². The highest BCUT2D eigenvalue weighted by atomic mass is 16.4. The molecule has 31 heavy (non-hydrogen) atoms. The lowest BCUT2D eigenvalue weighted by Crippen LogP contribution is -2.64. The third-order valence-corrected chi connectivity index (χ3v) is 6.31. The summed E-state index contributed by atoms with van der Waals surface area (Å²) in [5.74, 6) is -5.51. The van der Waals surface area contributed by atoms with E-state index < -0.39 is 34.8 Å². The van der Waals surface area contributed by atoms with Gasteiger partial charge in [-0.2, -0.15) is 0 Å². The van der Waals surface area contributed by atoms with Gasteiger partial charge in [0.1, 0.15) is 5.41 Å². The summed E-state index contributed by atoms with van der Waals surface area (Å²) in [4.78, 5) is 37.2. The van der Waals surface area contributed by atoms with Crippen LogP contribution in [0.5, 0.6) is 0 Å². The highest BCUT2D eigenvalue weighted by Crippen LogP contribution is 2.48. The average Bonchev–Trinajstić information content (AvgIpc) is 2.61. The smallest absolute Gasteiger partial charge is 0.337 e.